The number of carbonyl (C=O) groups is 1. The molecule has 2 rings (SSSR count). The van der Waals surface area contributed by atoms with Crippen molar-refractivity contribution in [2.45, 2.75) is 33.2 Å². The van der Waals surface area contributed by atoms with Crippen molar-refractivity contribution in [1.29, 1.82) is 0 Å². The van der Waals surface area contributed by atoms with Gasteiger partial charge in [-0.1, -0.05) is 13.8 Å². The molecule has 1 amide bonds. The molecule has 1 aliphatic rings. The minimum atomic E-state index is 0.000328. The Labute approximate surface area is 126 Å². The topological polar surface area (TPSA) is 61.4 Å². The summed E-state index contributed by atoms with van der Waals surface area (Å²) in [6.07, 6.45) is 2.63. The van der Waals surface area contributed by atoms with E-state index in [9.17, 15) is 4.79 Å². The molecular formula is C15H25N5O. The maximum Gasteiger partial charge on any atom is 0.272 e. The molecule has 21 heavy (non-hydrogen) atoms. The summed E-state index contributed by atoms with van der Waals surface area (Å²) in [5.74, 6) is 0.530. The van der Waals surface area contributed by atoms with Gasteiger partial charge in [0.05, 0.1) is 0 Å². The molecule has 1 saturated heterocycles. The van der Waals surface area contributed by atoms with Crippen LogP contribution in [-0.2, 0) is 0 Å². The molecule has 0 aliphatic carbocycles. The first kappa shape index (κ1) is 15.7. The van der Waals surface area contributed by atoms with Gasteiger partial charge in [0.15, 0.2) is 0 Å². The summed E-state index contributed by atoms with van der Waals surface area (Å²) in [4.78, 5) is 25.2. The summed E-state index contributed by atoms with van der Waals surface area (Å²) in [7, 11) is 0. The van der Waals surface area contributed by atoms with Crippen LogP contribution in [0.3, 0.4) is 0 Å². The quantitative estimate of drug-likeness (QED) is 0.890. The summed E-state index contributed by atoms with van der Waals surface area (Å²) in [6.45, 7) is 10.8. The first-order valence-electron chi connectivity index (χ1n) is 7.75. The number of hydrogen-bond acceptors (Lipinski definition) is 5. The fourth-order valence-electron chi connectivity index (χ4n) is 2.30. The first-order chi connectivity index (χ1) is 10.1. The van der Waals surface area contributed by atoms with Crippen LogP contribution in [0.4, 0.5) is 5.95 Å². The standard InChI is InChI=1S/C15H25N5O/c1-4-12(3)17-15-16-7-6-13(18-15)14(21)20-10-8-19(5-2)9-11-20/h6-7,12H,4-5,8-11H2,1-3H3,(H,16,17,18). The molecule has 0 bridgehead atoms. The van der Waals surface area contributed by atoms with Crippen LogP contribution in [0.15, 0.2) is 12.3 Å². The highest BCUT2D eigenvalue weighted by atomic mass is 16.2. The van der Waals surface area contributed by atoms with Crippen LogP contribution >= 0.6 is 0 Å². The zero-order chi connectivity index (χ0) is 15.2. The number of aromatic nitrogens is 2. The Kier molecular flexibility index (Phi) is 5.50. The first-order valence-corrected chi connectivity index (χ1v) is 7.75. The molecule has 0 aromatic carbocycles. The van der Waals surface area contributed by atoms with E-state index in [1.807, 2.05) is 4.90 Å². The molecule has 6 nitrogen and oxygen atoms in total. The number of piperazine rings is 1. The number of nitrogens with zero attached hydrogens (tertiary/aromatic N) is 4. The monoisotopic (exact) mass is 291 g/mol. The van der Waals surface area contributed by atoms with Crippen molar-refractivity contribution in [1.82, 2.24) is 19.8 Å². The zero-order valence-electron chi connectivity index (χ0n) is 13.2. The Morgan fingerprint density at radius 1 is 1.33 bits per heavy atom. The molecule has 1 unspecified atom stereocenters. The SMILES string of the molecule is CCC(C)Nc1nccc(C(=O)N2CCN(CC)CC2)n1. The van der Waals surface area contributed by atoms with Crippen molar-refractivity contribution in [3.63, 3.8) is 0 Å². The van der Waals surface area contributed by atoms with Crippen LogP contribution < -0.4 is 5.32 Å². The predicted octanol–water partition coefficient (Wildman–Crippen LogP) is 1.46. The van der Waals surface area contributed by atoms with Crippen LogP contribution in [0, 0.1) is 0 Å². The van der Waals surface area contributed by atoms with E-state index >= 15 is 0 Å². The summed E-state index contributed by atoms with van der Waals surface area (Å²) >= 11 is 0. The summed E-state index contributed by atoms with van der Waals surface area (Å²) < 4.78 is 0. The third kappa shape index (κ3) is 4.14. The maximum atomic E-state index is 12.5. The van der Waals surface area contributed by atoms with E-state index in [2.05, 4.69) is 41.0 Å². The van der Waals surface area contributed by atoms with Gasteiger partial charge >= 0.3 is 0 Å². The van der Waals surface area contributed by atoms with Gasteiger partial charge in [-0.15, -0.1) is 0 Å². The molecule has 6 heteroatoms. The van der Waals surface area contributed by atoms with Crippen molar-refractivity contribution in [2.24, 2.45) is 0 Å². The summed E-state index contributed by atoms with van der Waals surface area (Å²) in [5, 5.41) is 3.20. The third-order valence-electron chi connectivity index (χ3n) is 3.97. The minimum Gasteiger partial charge on any atom is -0.352 e. The normalized spacial score (nSPS) is 17.6. The second kappa shape index (κ2) is 7.36. The highest BCUT2D eigenvalue weighted by molar-refractivity contribution is 5.92. The number of anilines is 1. The lowest BCUT2D eigenvalue weighted by atomic mass is 10.2. The van der Waals surface area contributed by atoms with Gasteiger partial charge < -0.3 is 15.1 Å². The Bertz CT molecular complexity index is 471. The Morgan fingerprint density at radius 2 is 2.05 bits per heavy atom. The molecule has 0 saturated carbocycles. The van der Waals surface area contributed by atoms with Crippen LogP contribution in [-0.4, -0.2) is 64.4 Å². The predicted molar refractivity (Wildman–Crippen MR) is 83.4 cm³/mol. The van der Waals surface area contributed by atoms with E-state index < -0.39 is 0 Å². The van der Waals surface area contributed by atoms with E-state index in [1.165, 1.54) is 0 Å². The van der Waals surface area contributed by atoms with Crippen molar-refractivity contribution in [3.05, 3.63) is 18.0 Å². The van der Waals surface area contributed by atoms with Crippen LogP contribution in [0.5, 0.6) is 0 Å². The number of rotatable bonds is 5. The second-order valence-corrected chi connectivity index (χ2v) is 5.45. The number of nitrogens with one attached hydrogen (secondary N) is 1. The van der Waals surface area contributed by atoms with Gasteiger partial charge in [-0.25, -0.2) is 9.97 Å². The van der Waals surface area contributed by atoms with Crippen molar-refractivity contribution in [2.75, 3.05) is 38.0 Å². The largest absolute Gasteiger partial charge is 0.352 e. The Morgan fingerprint density at radius 3 is 2.67 bits per heavy atom. The van der Waals surface area contributed by atoms with Gasteiger partial charge in [-0.3, -0.25) is 4.79 Å². The molecule has 116 valence electrons. The third-order valence-corrected chi connectivity index (χ3v) is 3.97. The molecule has 1 atom stereocenters. The maximum absolute atomic E-state index is 12.5. The Hall–Kier alpha value is -1.69. The van der Waals surface area contributed by atoms with Crippen LogP contribution in [0.1, 0.15) is 37.7 Å². The second-order valence-electron chi connectivity index (χ2n) is 5.45. The highest BCUT2D eigenvalue weighted by Crippen LogP contribution is 2.09. The average Bonchev–Trinajstić information content (AvgIpc) is 2.54. The van der Waals surface area contributed by atoms with Crippen molar-refractivity contribution < 1.29 is 4.79 Å². The lowest BCUT2D eigenvalue weighted by molar-refractivity contribution is 0.0637. The lowest BCUT2D eigenvalue weighted by Gasteiger charge is -2.33. The van der Waals surface area contributed by atoms with E-state index in [-0.39, 0.29) is 5.91 Å². The summed E-state index contributed by atoms with van der Waals surface area (Å²) in [6, 6.07) is 1.99. The van der Waals surface area contributed by atoms with Gasteiger partial charge in [0, 0.05) is 38.4 Å². The van der Waals surface area contributed by atoms with Gasteiger partial charge in [0.1, 0.15) is 5.69 Å². The molecule has 1 aromatic rings. The van der Waals surface area contributed by atoms with E-state index in [0.29, 0.717) is 17.7 Å². The zero-order valence-corrected chi connectivity index (χ0v) is 13.2. The smallest absolute Gasteiger partial charge is 0.272 e. The van der Waals surface area contributed by atoms with Gasteiger partial charge in [0.2, 0.25) is 5.95 Å². The molecule has 1 aromatic heterocycles. The van der Waals surface area contributed by atoms with Gasteiger partial charge in [0.25, 0.3) is 5.91 Å². The molecule has 2 heterocycles. The molecule has 1 N–H and O–H groups in total. The molecule has 0 radical (unpaired) electrons. The van der Waals surface area contributed by atoms with E-state index in [1.54, 1.807) is 12.3 Å². The highest BCUT2D eigenvalue weighted by Gasteiger charge is 2.22. The lowest BCUT2D eigenvalue weighted by Crippen LogP contribution is -2.48. The molecular weight excluding hydrogens is 266 g/mol. The Balaban J connectivity index is 2.01. The summed E-state index contributed by atoms with van der Waals surface area (Å²) in [5.41, 5.74) is 0.473. The van der Waals surface area contributed by atoms with Crippen molar-refractivity contribution in [3.8, 4) is 0 Å². The van der Waals surface area contributed by atoms with Gasteiger partial charge in [-0.05, 0) is 26.0 Å². The number of hydrogen-bond donors (Lipinski definition) is 1. The van der Waals surface area contributed by atoms with Crippen LogP contribution in [0.25, 0.3) is 0 Å². The molecule has 0 spiro atoms. The average molecular weight is 291 g/mol. The number of amides is 1. The van der Waals surface area contributed by atoms with Crippen molar-refractivity contribution >= 4 is 11.9 Å². The number of likely N-dealkylation sites (N-methyl/N-ethyl adjacent to an activating group) is 1. The van der Waals surface area contributed by atoms with Gasteiger partial charge in [-0.2, -0.15) is 0 Å². The van der Waals surface area contributed by atoms with Crippen LogP contribution in [0.2, 0.25) is 0 Å². The van der Waals surface area contributed by atoms with E-state index in [0.717, 1.165) is 39.1 Å². The molecule has 1 fully saturated rings. The molecule has 1 aliphatic heterocycles. The minimum absolute atomic E-state index is 0.000328. The fraction of sp³-hybridized carbons (Fsp3) is 0.667. The fourth-order valence-corrected chi connectivity index (χ4v) is 2.30. The number of carbonyl (C=O) groups excluding carboxylic acids is 1. The van der Waals surface area contributed by atoms with E-state index in [4.69, 9.17) is 0 Å².